The van der Waals surface area contributed by atoms with Crippen molar-refractivity contribution < 1.29 is 18.3 Å². The number of aromatic nitrogens is 1. The molecular formula is C13H17N3O4S. The number of anilines is 1. The molecule has 0 radical (unpaired) electrons. The number of nitrogens with one attached hydrogen (secondary N) is 1. The summed E-state index contributed by atoms with van der Waals surface area (Å²) >= 11 is 0. The van der Waals surface area contributed by atoms with Crippen molar-refractivity contribution in [2.24, 2.45) is 0 Å². The van der Waals surface area contributed by atoms with Gasteiger partial charge in [0.25, 0.3) is 0 Å². The lowest BCUT2D eigenvalue weighted by atomic mass is 10.2. The Morgan fingerprint density at radius 3 is 2.86 bits per heavy atom. The molecule has 0 saturated heterocycles. The van der Waals surface area contributed by atoms with Crippen LogP contribution in [0.3, 0.4) is 0 Å². The molecule has 7 nitrogen and oxygen atoms in total. The van der Waals surface area contributed by atoms with Crippen LogP contribution in [0.5, 0.6) is 0 Å². The van der Waals surface area contributed by atoms with Crippen LogP contribution in [0.4, 0.5) is 5.69 Å². The third-order valence-electron chi connectivity index (χ3n) is 2.83. The Hall–Kier alpha value is -1.74. The molecule has 8 heteroatoms. The van der Waals surface area contributed by atoms with Crippen LogP contribution in [0.25, 0.3) is 10.9 Å². The van der Waals surface area contributed by atoms with Crippen LogP contribution in [0.2, 0.25) is 0 Å². The fraction of sp³-hybridized carbons (Fsp3) is 0.308. The Balaban J connectivity index is 2.23. The van der Waals surface area contributed by atoms with E-state index in [0.29, 0.717) is 16.6 Å². The molecule has 0 aliphatic rings. The van der Waals surface area contributed by atoms with E-state index in [2.05, 4.69) is 9.71 Å². The van der Waals surface area contributed by atoms with Gasteiger partial charge in [-0.15, -0.1) is 0 Å². The van der Waals surface area contributed by atoms with E-state index in [1.807, 2.05) is 0 Å². The molecule has 1 aromatic heterocycles. The predicted molar refractivity (Wildman–Crippen MR) is 79.2 cm³/mol. The normalized spacial score (nSPS) is 11.9. The van der Waals surface area contributed by atoms with E-state index in [9.17, 15) is 8.42 Å². The molecule has 2 rings (SSSR count). The van der Waals surface area contributed by atoms with Crippen molar-refractivity contribution in [1.29, 1.82) is 0 Å². The Labute approximate surface area is 122 Å². The number of nitrogens with zero attached hydrogens (tertiary/aromatic N) is 1. The summed E-state index contributed by atoms with van der Waals surface area (Å²) < 4.78 is 32.0. The van der Waals surface area contributed by atoms with Crippen LogP contribution in [-0.2, 0) is 14.8 Å². The number of hydrogen-bond donors (Lipinski definition) is 3. The number of hydrogen-bond acceptors (Lipinski definition) is 6. The van der Waals surface area contributed by atoms with Gasteiger partial charge in [0.1, 0.15) is 4.90 Å². The number of rotatable bonds is 7. The SMILES string of the molecule is Nc1ccc(S(=O)(=O)NCCOCCO)c2ncccc12. The van der Waals surface area contributed by atoms with E-state index in [1.165, 1.54) is 12.3 Å². The van der Waals surface area contributed by atoms with Crippen molar-refractivity contribution in [1.82, 2.24) is 9.71 Å². The summed E-state index contributed by atoms with van der Waals surface area (Å²) in [7, 11) is -3.70. The summed E-state index contributed by atoms with van der Waals surface area (Å²) in [6.45, 7) is 0.370. The number of nitrogens with two attached hydrogens (primary N) is 1. The van der Waals surface area contributed by atoms with Crippen molar-refractivity contribution >= 4 is 26.6 Å². The van der Waals surface area contributed by atoms with Crippen molar-refractivity contribution in [2.45, 2.75) is 4.90 Å². The molecular weight excluding hydrogens is 294 g/mol. The van der Waals surface area contributed by atoms with Gasteiger partial charge in [-0.25, -0.2) is 13.1 Å². The topological polar surface area (TPSA) is 115 Å². The summed E-state index contributed by atoms with van der Waals surface area (Å²) in [6.07, 6.45) is 1.52. The minimum Gasteiger partial charge on any atom is -0.398 e. The number of aliphatic hydroxyl groups excluding tert-OH is 1. The number of nitrogen functional groups attached to an aromatic ring is 1. The van der Waals surface area contributed by atoms with E-state index in [0.717, 1.165) is 0 Å². The lowest BCUT2D eigenvalue weighted by Gasteiger charge is -2.10. The van der Waals surface area contributed by atoms with Gasteiger partial charge in [-0.2, -0.15) is 0 Å². The van der Waals surface area contributed by atoms with Gasteiger partial charge in [-0.1, -0.05) is 0 Å². The minimum absolute atomic E-state index is 0.0782. The monoisotopic (exact) mass is 311 g/mol. The molecule has 0 bridgehead atoms. The minimum atomic E-state index is -3.70. The van der Waals surface area contributed by atoms with Crippen LogP contribution in [0, 0.1) is 0 Å². The Kier molecular flexibility index (Phi) is 5.07. The van der Waals surface area contributed by atoms with Gasteiger partial charge < -0.3 is 15.6 Å². The lowest BCUT2D eigenvalue weighted by Crippen LogP contribution is -2.28. The van der Waals surface area contributed by atoms with Crippen molar-refractivity contribution in [2.75, 3.05) is 32.1 Å². The maximum absolute atomic E-state index is 12.3. The molecule has 0 spiro atoms. The quantitative estimate of drug-likeness (QED) is 0.494. The smallest absolute Gasteiger partial charge is 0.242 e. The van der Waals surface area contributed by atoms with Crippen molar-refractivity contribution in [3.05, 3.63) is 30.5 Å². The van der Waals surface area contributed by atoms with Gasteiger partial charge in [0, 0.05) is 23.8 Å². The molecule has 0 aliphatic carbocycles. The molecule has 0 saturated carbocycles. The maximum Gasteiger partial charge on any atom is 0.242 e. The van der Waals surface area contributed by atoms with Crippen molar-refractivity contribution in [3.63, 3.8) is 0 Å². The number of sulfonamides is 1. The van der Waals surface area contributed by atoms with Crippen molar-refractivity contribution in [3.8, 4) is 0 Å². The fourth-order valence-corrected chi connectivity index (χ4v) is 3.05. The predicted octanol–water partition coefficient (Wildman–Crippen LogP) is 0.104. The van der Waals surface area contributed by atoms with Gasteiger partial charge in [-0.3, -0.25) is 4.98 Å². The molecule has 4 N–H and O–H groups in total. The van der Waals surface area contributed by atoms with Crippen LogP contribution >= 0.6 is 0 Å². The zero-order valence-corrected chi connectivity index (χ0v) is 12.1. The van der Waals surface area contributed by atoms with Crippen LogP contribution in [-0.4, -0.2) is 44.9 Å². The first-order valence-electron chi connectivity index (χ1n) is 6.38. The summed E-state index contributed by atoms with van der Waals surface area (Å²) in [5, 5.41) is 9.16. The van der Waals surface area contributed by atoms with E-state index in [4.69, 9.17) is 15.6 Å². The summed E-state index contributed by atoms with van der Waals surface area (Å²) in [5.41, 5.74) is 6.63. The second-order valence-electron chi connectivity index (χ2n) is 4.29. The Morgan fingerprint density at radius 2 is 2.10 bits per heavy atom. The number of aliphatic hydroxyl groups is 1. The second-order valence-corrected chi connectivity index (χ2v) is 6.02. The van der Waals surface area contributed by atoms with Gasteiger partial charge in [0.2, 0.25) is 10.0 Å². The zero-order chi connectivity index (χ0) is 15.3. The molecule has 0 fully saturated rings. The van der Waals surface area contributed by atoms with Crippen LogP contribution in [0.15, 0.2) is 35.4 Å². The van der Waals surface area contributed by atoms with E-state index in [1.54, 1.807) is 18.2 Å². The number of pyridine rings is 1. The first kappa shape index (κ1) is 15.6. The molecule has 1 aromatic carbocycles. The zero-order valence-electron chi connectivity index (χ0n) is 11.3. The van der Waals surface area contributed by atoms with E-state index >= 15 is 0 Å². The molecule has 1 heterocycles. The van der Waals surface area contributed by atoms with Gasteiger partial charge in [0.15, 0.2) is 0 Å². The number of fused-ring (bicyclic) bond motifs is 1. The second kappa shape index (κ2) is 6.81. The highest BCUT2D eigenvalue weighted by Crippen LogP contribution is 2.25. The third-order valence-corrected chi connectivity index (χ3v) is 4.32. The average Bonchev–Trinajstić information content (AvgIpc) is 2.47. The summed E-state index contributed by atoms with van der Waals surface area (Å²) in [4.78, 5) is 4.18. The molecule has 0 aliphatic heterocycles. The average molecular weight is 311 g/mol. The first-order valence-corrected chi connectivity index (χ1v) is 7.86. The van der Waals surface area contributed by atoms with E-state index < -0.39 is 10.0 Å². The number of ether oxygens (including phenoxy) is 1. The highest BCUT2D eigenvalue weighted by Gasteiger charge is 2.18. The Morgan fingerprint density at radius 1 is 1.29 bits per heavy atom. The van der Waals surface area contributed by atoms with E-state index in [-0.39, 0.29) is 31.3 Å². The standard InChI is InChI=1S/C13H17N3O4S/c14-11-3-4-12(13-10(11)2-1-5-15-13)21(18,19)16-6-8-20-9-7-17/h1-5,16-17H,6-9,14H2. The van der Waals surface area contributed by atoms with Gasteiger partial charge in [0.05, 0.1) is 25.3 Å². The fourth-order valence-electron chi connectivity index (χ4n) is 1.88. The van der Waals surface area contributed by atoms with Gasteiger partial charge in [-0.05, 0) is 24.3 Å². The highest BCUT2D eigenvalue weighted by molar-refractivity contribution is 7.89. The third kappa shape index (κ3) is 3.67. The van der Waals surface area contributed by atoms with Gasteiger partial charge >= 0.3 is 0 Å². The molecule has 0 amide bonds. The number of benzene rings is 1. The highest BCUT2D eigenvalue weighted by atomic mass is 32.2. The molecule has 0 atom stereocenters. The maximum atomic E-state index is 12.3. The largest absolute Gasteiger partial charge is 0.398 e. The van der Waals surface area contributed by atoms with Crippen LogP contribution in [0.1, 0.15) is 0 Å². The molecule has 114 valence electrons. The molecule has 0 unspecified atom stereocenters. The Bertz CT molecular complexity index is 718. The molecule has 2 aromatic rings. The molecule has 21 heavy (non-hydrogen) atoms. The lowest BCUT2D eigenvalue weighted by molar-refractivity contribution is 0.0961. The summed E-state index contributed by atoms with van der Waals surface area (Å²) in [6, 6.07) is 6.40. The first-order chi connectivity index (χ1) is 10.1. The van der Waals surface area contributed by atoms with Crippen LogP contribution < -0.4 is 10.5 Å². The summed E-state index contributed by atoms with van der Waals surface area (Å²) in [5.74, 6) is 0.